The van der Waals surface area contributed by atoms with Crippen LogP contribution in [0.2, 0.25) is 5.82 Å². The van der Waals surface area contributed by atoms with E-state index in [1.165, 1.54) is 12.1 Å². The molecule has 24 heavy (non-hydrogen) atoms. The molecule has 0 spiro atoms. The van der Waals surface area contributed by atoms with E-state index >= 15 is 0 Å². The van der Waals surface area contributed by atoms with Gasteiger partial charge in [-0.15, -0.1) is 0 Å². The number of rotatable bonds is 3. The van der Waals surface area contributed by atoms with Gasteiger partial charge >= 0.3 is 0 Å². The van der Waals surface area contributed by atoms with Crippen LogP contribution in [0.5, 0.6) is 11.5 Å². The van der Waals surface area contributed by atoms with E-state index in [4.69, 9.17) is 28.3 Å². The molecule has 1 aliphatic carbocycles. The highest BCUT2D eigenvalue weighted by Gasteiger charge is 2.37. The van der Waals surface area contributed by atoms with Crippen LogP contribution >= 0.6 is 15.9 Å². The van der Waals surface area contributed by atoms with E-state index in [9.17, 15) is 13.9 Å². The Morgan fingerprint density at radius 2 is 1.92 bits per heavy atom. The Bertz CT molecular complexity index is 812. The van der Waals surface area contributed by atoms with Crippen LogP contribution in [0.4, 0.5) is 0 Å². The quantitative estimate of drug-likeness (QED) is 0.629. The van der Waals surface area contributed by atoms with Crippen LogP contribution in [-0.4, -0.2) is 37.4 Å². The largest absolute Gasteiger partial charge is 0.768 e. The van der Waals surface area contributed by atoms with E-state index in [1.807, 2.05) is 0 Å². The van der Waals surface area contributed by atoms with E-state index in [0.717, 1.165) is 4.47 Å². The summed E-state index contributed by atoms with van der Waals surface area (Å²) in [5.41, 5.74) is 1.06. The van der Waals surface area contributed by atoms with Gasteiger partial charge in [-0.1, -0.05) is 33.3 Å². The third-order valence-electron chi connectivity index (χ3n) is 3.92. The highest BCUT2D eigenvalue weighted by molar-refractivity contribution is 9.10. The van der Waals surface area contributed by atoms with Gasteiger partial charge in [-0.3, -0.25) is 4.21 Å². The second kappa shape index (κ2) is 6.71. The van der Waals surface area contributed by atoms with E-state index in [2.05, 4.69) is 15.9 Å². The number of hydrogen-bond acceptors (Lipinski definition) is 4. The average Bonchev–Trinajstić information content (AvgIpc) is 2.72. The third kappa shape index (κ3) is 3.10. The number of hydrogen-bond donors (Lipinski definition) is 1. The predicted molar refractivity (Wildman–Crippen MR) is 96.2 cm³/mol. The number of ether oxygens (including phenoxy) is 1. The Labute approximate surface area is 154 Å². The number of aliphatic hydroxyl groups excluding tert-OH is 1. The van der Waals surface area contributed by atoms with Crippen molar-refractivity contribution in [3.8, 4) is 11.5 Å². The number of benzene rings is 2. The van der Waals surface area contributed by atoms with Crippen molar-refractivity contribution in [2.45, 2.75) is 22.6 Å². The maximum absolute atomic E-state index is 11.4. The molecule has 4 nitrogen and oxygen atoms in total. The van der Waals surface area contributed by atoms with Gasteiger partial charge in [0, 0.05) is 14.9 Å². The van der Waals surface area contributed by atoms with E-state index in [0.29, 0.717) is 22.5 Å². The highest BCUT2D eigenvalue weighted by Crippen LogP contribution is 2.52. The van der Waals surface area contributed by atoms with Crippen molar-refractivity contribution in [2.24, 2.45) is 0 Å². The molecular formula is C15H9B3BrO4S-. The van der Waals surface area contributed by atoms with E-state index in [-0.39, 0.29) is 10.5 Å². The molecule has 0 bridgehead atoms. The minimum Gasteiger partial charge on any atom is -0.768 e. The third-order valence-corrected chi connectivity index (χ3v) is 5.09. The lowest BCUT2D eigenvalue weighted by atomic mass is 9.66. The van der Waals surface area contributed by atoms with Crippen LogP contribution in [0.25, 0.3) is 0 Å². The zero-order valence-corrected chi connectivity index (χ0v) is 14.7. The van der Waals surface area contributed by atoms with Crippen LogP contribution in [0.15, 0.2) is 39.7 Å². The summed E-state index contributed by atoms with van der Waals surface area (Å²) in [5.74, 6) is -0.795. The fraction of sp³-hybridized carbons (Fsp3) is 0.200. The van der Waals surface area contributed by atoms with Crippen molar-refractivity contribution in [1.29, 1.82) is 0 Å². The van der Waals surface area contributed by atoms with Crippen molar-refractivity contribution in [3.05, 3.63) is 45.9 Å². The fourth-order valence-electron chi connectivity index (χ4n) is 2.83. The summed E-state index contributed by atoms with van der Waals surface area (Å²) in [7, 11) is 17.7. The molecule has 6 radical (unpaired) electrons. The maximum Gasteiger partial charge on any atom is 0.130 e. The fourth-order valence-corrected chi connectivity index (χ4v) is 3.91. The molecule has 2 aromatic rings. The SMILES string of the molecule is [B]c1cc(Br)cc(Oc2ccc(S(=O)[O-])c3c2C([B])C([B])C3O)c1. The van der Waals surface area contributed by atoms with Gasteiger partial charge in [0.05, 0.1) is 21.8 Å². The molecule has 2 aromatic carbocycles. The Balaban J connectivity index is 2.12. The number of fused-ring (bicyclic) bond motifs is 1. The van der Waals surface area contributed by atoms with Gasteiger partial charge < -0.3 is 14.4 Å². The average molecular weight is 398 g/mol. The Morgan fingerprint density at radius 3 is 2.54 bits per heavy atom. The minimum absolute atomic E-state index is 0.0398. The van der Waals surface area contributed by atoms with Gasteiger partial charge in [0.15, 0.2) is 0 Å². The Hall–Kier alpha value is -1.02. The molecule has 9 heteroatoms. The molecule has 0 saturated heterocycles. The van der Waals surface area contributed by atoms with E-state index < -0.39 is 28.8 Å². The monoisotopic (exact) mass is 397 g/mol. The molecule has 0 heterocycles. The lowest BCUT2D eigenvalue weighted by Gasteiger charge is -2.18. The maximum atomic E-state index is 11.4. The van der Waals surface area contributed by atoms with Gasteiger partial charge in [-0.2, -0.15) is 0 Å². The van der Waals surface area contributed by atoms with Crippen LogP contribution in [0.1, 0.15) is 23.0 Å². The Kier molecular flexibility index (Phi) is 4.98. The van der Waals surface area contributed by atoms with Crippen molar-refractivity contribution in [2.75, 3.05) is 0 Å². The van der Waals surface area contributed by atoms with Crippen molar-refractivity contribution in [3.63, 3.8) is 0 Å². The summed E-state index contributed by atoms with van der Waals surface area (Å²) in [6, 6.07) is 7.89. The van der Waals surface area contributed by atoms with Crippen LogP contribution in [0, 0.1) is 0 Å². The molecule has 116 valence electrons. The molecule has 1 aliphatic rings. The molecule has 1 N–H and O–H groups in total. The normalized spacial score (nSPS) is 23.7. The summed E-state index contributed by atoms with van der Waals surface area (Å²) in [6.45, 7) is 0. The lowest BCUT2D eigenvalue weighted by molar-refractivity contribution is 0.177. The van der Waals surface area contributed by atoms with Gasteiger partial charge in [0.25, 0.3) is 0 Å². The predicted octanol–water partition coefficient (Wildman–Crippen LogP) is 1.49. The summed E-state index contributed by atoms with van der Waals surface area (Å²) in [5, 5.41) is 10.3. The molecule has 0 saturated carbocycles. The van der Waals surface area contributed by atoms with Crippen LogP contribution < -0.4 is 10.2 Å². The molecule has 0 amide bonds. The van der Waals surface area contributed by atoms with Gasteiger partial charge in [0.2, 0.25) is 0 Å². The molecule has 0 fully saturated rings. The first kappa shape index (κ1) is 17.8. The van der Waals surface area contributed by atoms with Crippen molar-refractivity contribution in [1.82, 2.24) is 0 Å². The summed E-state index contributed by atoms with van der Waals surface area (Å²) in [6.07, 6.45) is -1.18. The minimum atomic E-state index is -2.53. The first-order chi connectivity index (χ1) is 11.3. The second-order valence-corrected chi connectivity index (χ2v) is 7.32. The van der Waals surface area contributed by atoms with Crippen LogP contribution in [-0.2, 0) is 11.1 Å². The number of halogens is 1. The van der Waals surface area contributed by atoms with Crippen molar-refractivity contribution >= 4 is 56.0 Å². The molecule has 4 atom stereocenters. The number of aliphatic hydroxyl groups is 1. The standard InChI is InChI=1S/C15H10B3BrO4S/c16-6-3-7(19)5-8(4-6)23-9-1-2-10(24(21)22)12-11(9)13(17)14(18)15(12)20/h1-5,13-15,20H,(H,21,22)/p-1. The first-order valence-corrected chi connectivity index (χ1v) is 8.85. The lowest BCUT2D eigenvalue weighted by Crippen LogP contribution is -2.06. The highest BCUT2D eigenvalue weighted by atomic mass is 79.9. The summed E-state index contributed by atoms with van der Waals surface area (Å²) >= 11 is 0.797. The zero-order chi connectivity index (χ0) is 17.6. The van der Waals surface area contributed by atoms with Gasteiger partial charge in [-0.25, -0.2) is 0 Å². The molecular weight excluding hydrogens is 389 g/mol. The first-order valence-electron chi connectivity index (χ1n) is 6.98. The molecule has 0 aliphatic heterocycles. The molecule has 4 unspecified atom stereocenters. The second-order valence-electron chi connectivity index (χ2n) is 5.49. The Morgan fingerprint density at radius 1 is 1.21 bits per heavy atom. The van der Waals surface area contributed by atoms with Gasteiger partial charge in [-0.05, 0) is 46.7 Å². The zero-order valence-electron chi connectivity index (χ0n) is 12.3. The summed E-state index contributed by atoms with van der Waals surface area (Å²) < 4.78 is 29.4. The topological polar surface area (TPSA) is 69.6 Å². The summed E-state index contributed by atoms with van der Waals surface area (Å²) in [4.78, 5) is -0.0398. The smallest absolute Gasteiger partial charge is 0.130 e. The van der Waals surface area contributed by atoms with Crippen LogP contribution in [0.3, 0.4) is 0 Å². The van der Waals surface area contributed by atoms with Crippen molar-refractivity contribution < 1.29 is 18.6 Å². The molecule has 3 rings (SSSR count). The molecule has 0 aromatic heterocycles. The van der Waals surface area contributed by atoms with Gasteiger partial charge in [0.1, 0.15) is 19.3 Å². The van der Waals surface area contributed by atoms with E-state index in [1.54, 1.807) is 18.2 Å².